The first-order valence-electron chi connectivity index (χ1n) is 11.7. The van der Waals surface area contributed by atoms with Gasteiger partial charge in [0.25, 0.3) is 0 Å². The topological polar surface area (TPSA) is 117 Å². The van der Waals surface area contributed by atoms with E-state index >= 15 is 0 Å². The van der Waals surface area contributed by atoms with Crippen LogP contribution in [0.25, 0.3) is 15.7 Å². The van der Waals surface area contributed by atoms with Gasteiger partial charge in [-0.25, -0.2) is 13.4 Å². The van der Waals surface area contributed by atoms with Crippen LogP contribution in [0, 0.1) is 0 Å². The van der Waals surface area contributed by atoms with Gasteiger partial charge >= 0.3 is 5.97 Å². The number of carboxylic acids is 1. The average molecular weight is 516 g/mol. The van der Waals surface area contributed by atoms with Crippen molar-refractivity contribution in [3.8, 4) is 0 Å². The summed E-state index contributed by atoms with van der Waals surface area (Å²) >= 11 is 1.35. The highest BCUT2D eigenvalue weighted by Gasteiger charge is 2.25. The van der Waals surface area contributed by atoms with Crippen molar-refractivity contribution >= 4 is 49.2 Å². The number of carboxylic acid groups (broad SMARTS) is 1. The third-order valence-electron chi connectivity index (χ3n) is 5.83. The van der Waals surface area contributed by atoms with E-state index in [0.717, 1.165) is 42.1 Å². The largest absolute Gasteiger partial charge is 0.481 e. The summed E-state index contributed by atoms with van der Waals surface area (Å²) in [7, 11) is -3.76. The van der Waals surface area contributed by atoms with Crippen LogP contribution in [0.2, 0.25) is 0 Å². The van der Waals surface area contributed by atoms with Crippen LogP contribution in [0.15, 0.2) is 59.8 Å². The van der Waals surface area contributed by atoms with E-state index in [2.05, 4.69) is 14.7 Å². The predicted octanol–water partition coefficient (Wildman–Crippen LogP) is 4.47. The first kappa shape index (κ1) is 25.1. The van der Waals surface area contributed by atoms with E-state index in [1.54, 1.807) is 18.3 Å². The molecule has 0 aliphatic rings. The molecule has 0 unspecified atom stereocenters. The van der Waals surface area contributed by atoms with Crippen LogP contribution < -0.4 is 5.32 Å². The number of benzene rings is 2. The number of unbranched alkanes of at least 4 members (excludes halogenated alkanes) is 3. The molecule has 2 aromatic carbocycles. The van der Waals surface area contributed by atoms with Crippen LogP contribution in [0.4, 0.5) is 5.95 Å². The second-order valence-electron chi connectivity index (χ2n) is 8.31. The molecular weight excluding hydrogens is 486 g/mol. The maximum Gasteiger partial charge on any atom is 0.303 e. The smallest absolute Gasteiger partial charge is 0.303 e. The summed E-state index contributed by atoms with van der Waals surface area (Å²) in [6, 6.07) is 12.7. The van der Waals surface area contributed by atoms with E-state index in [9.17, 15) is 13.2 Å². The van der Waals surface area contributed by atoms with Gasteiger partial charge < -0.3 is 10.4 Å². The molecule has 11 heteroatoms. The van der Waals surface area contributed by atoms with Crippen molar-refractivity contribution < 1.29 is 18.3 Å². The Hall–Kier alpha value is -3.02. The molecule has 2 aromatic heterocycles. The van der Waals surface area contributed by atoms with E-state index in [4.69, 9.17) is 5.11 Å². The summed E-state index contributed by atoms with van der Waals surface area (Å²) < 4.78 is 34.8. The number of anilines is 1. The lowest BCUT2D eigenvalue weighted by molar-refractivity contribution is -0.137. The minimum absolute atomic E-state index is 0.0615. The normalized spacial score (nSPS) is 12.0. The number of aromatic nitrogens is 3. The lowest BCUT2D eigenvalue weighted by Crippen LogP contribution is -2.33. The Morgan fingerprint density at radius 3 is 2.66 bits per heavy atom. The van der Waals surface area contributed by atoms with Crippen LogP contribution in [0.1, 0.15) is 38.5 Å². The van der Waals surface area contributed by atoms with Gasteiger partial charge in [0.05, 0.1) is 4.90 Å². The number of carbonyl (C=O) groups is 1. The van der Waals surface area contributed by atoms with Crippen molar-refractivity contribution in [2.75, 3.05) is 25.0 Å². The van der Waals surface area contributed by atoms with Gasteiger partial charge in [-0.2, -0.15) is 8.68 Å². The Morgan fingerprint density at radius 2 is 1.80 bits per heavy atom. The molecule has 0 fully saturated rings. The third-order valence-corrected chi connectivity index (χ3v) is 8.52. The maximum absolute atomic E-state index is 13.6. The molecule has 0 spiro atoms. The quantitative estimate of drug-likeness (QED) is 0.238. The van der Waals surface area contributed by atoms with E-state index in [0.29, 0.717) is 18.4 Å². The van der Waals surface area contributed by atoms with E-state index in [1.165, 1.54) is 15.8 Å². The monoisotopic (exact) mass is 515 g/mol. The zero-order valence-corrected chi connectivity index (χ0v) is 21.0. The minimum atomic E-state index is -3.76. The molecule has 0 bridgehead atoms. The molecule has 35 heavy (non-hydrogen) atoms. The molecule has 0 radical (unpaired) electrons. The molecule has 4 aromatic rings. The molecule has 2 heterocycles. The van der Waals surface area contributed by atoms with Crippen molar-refractivity contribution in [1.82, 2.24) is 18.1 Å². The SMILES string of the molecule is O=C(O)CCCN(CCCCCCNc1nsc2nccn12)S(=O)(=O)c1cccc2ccccc12. The molecule has 0 aliphatic heterocycles. The molecule has 186 valence electrons. The molecule has 0 saturated carbocycles. The number of nitrogens with one attached hydrogen (secondary N) is 1. The number of imidazole rings is 1. The molecular formula is C24H29N5O4S2. The first-order valence-corrected chi connectivity index (χ1v) is 13.9. The summed E-state index contributed by atoms with van der Waals surface area (Å²) in [6.45, 7) is 1.32. The number of fused-ring (bicyclic) bond motifs is 2. The zero-order valence-electron chi connectivity index (χ0n) is 19.3. The molecule has 2 N–H and O–H groups in total. The van der Waals surface area contributed by atoms with Gasteiger partial charge in [0.15, 0.2) is 0 Å². The second-order valence-corrected chi connectivity index (χ2v) is 10.9. The van der Waals surface area contributed by atoms with Crippen LogP contribution >= 0.6 is 11.5 Å². The summed E-state index contributed by atoms with van der Waals surface area (Å²) in [5, 5.41) is 13.9. The number of hydrogen-bond donors (Lipinski definition) is 2. The molecule has 0 amide bonds. The van der Waals surface area contributed by atoms with Gasteiger partial charge in [-0.15, -0.1) is 0 Å². The minimum Gasteiger partial charge on any atom is -0.481 e. The Bertz CT molecular complexity index is 1380. The van der Waals surface area contributed by atoms with Crippen molar-refractivity contribution in [2.45, 2.75) is 43.4 Å². The van der Waals surface area contributed by atoms with Gasteiger partial charge in [-0.05, 0) is 30.7 Å². The number of sulfonamides is 1. The molecule has 0 saturated heterocycles. The van der Waals surface area contributed by atoms with Crippen molar-refractivity contribution in [1.29, 1.82) is 0 Å². The Labute approximate surface area is 208 Å². The average Bonchev–Trinajstić information content (AvgIpc) is 3.46. The summed E-state index contributed by atoms with van der Waals surface area (Å²) in [6.07, 6.45) is 7.29. The number of hydrogen-bond acceptors (Lipinski definition) is 7. The van der Waals surface area contributed by atoms with Gasteiger partial charge in [0.2, 0.25) is 20.9 Å². The Morgan fingerprint density at radius 1 is 1.03 bits per heavy atom. The fraction of sp³-hybridized carbons (Fsp3) is 0.375. The Kier molecular flexibility index (Phi) is 8.32. The Balaban J connectivity index is 1.32. The third kappa shape index (κ3) is 6.16. The first-order chi connectivity index (χ1) is 17.0. The fourth-order valence-electron chi connectivity index (χ4n) is 4.05. The van der Waals surface area contributed by atoms with Gasteiger partial charge in [0.1, 0.15) is 0 Å². The van der Waals surface area contributed by atoms with E-state index in [-0.39, 0.29) is 24.3 Å². The van der Waals surface area contributed by atoms with Crippen LogP contribution in [-0.4, -0.2) is 57.2 Å². The number of aliphatic carboxylic acids is 1. The van der Waals surface area contributed by atoms with Crippen molar-refractivity contribution in [2.24, 2.45) is 0 Å². The fourth-order valence-corrected chi connectivity index (χ4v) is 6.44. The summed E-state index contributed by atoms with van der Waals surface area (Å²) in [5.41, 5.74) is 0. The molecule has 0 aliphatic carbocycles. The summed E-state index contributed by atoms with van der Waals surface area (Å²) in [4.78, 5) is 16.3. The van der Waals surface area contributed by atoms with Crippen LogP contribution in [0.5, 0.6) is 0 Å². The van der Waals surface area contributed by atoms with E-state index in [1.807, 2.05) is 40.9 Å². The standard InChI is InChI=1S/C24H29N5O4S2/c30-22(31)13-8-17-28(35(32,33)21-12-7-10-19-9-3-4-11-20(19)21)16-6-2-1-5-14-25-23-27-34-24-26-15-18-29(23)24/h3-4,7,9-12,15,18H,1-2,5-6,8,13-14,16-17H2,(H,25,27)(H,30,31). The highest BCUT2D eigenvalue weighted by Crippen LogP contribution is 2.26. The van der Waals surface area contributed by atoms with Crippen molar-refractivity contribution in [3.05, 3.63) is 54.9 Å². The van der Waals surface area contributed by atoms with Gasteiger partial charge in [-0.1, -0.05) is 49.2 Å². The number of nitrogens with zero attached hydrogens (tertiary/aromatic N) is 4. The number of rotatable bonds is 14. The zero-order chi connectivity index (χ0) is 24.7. The highest BCUT2D eigenvalue weighted by atomic mass is 32.2. The van der Waals surface area contributed by atoms with E-state index < -0.39 is 16.0 Å². The molecule has 9 nitrogen and oxygen atoms in total. The second kappa shape index (κ2) is 11.6. The van der Waals surface area contributed by atoms with Crippen LogP contribution in [-0.2, 0) is 14.8 Å². The van der Waals surface area contributed by atoms with Crippen LogP contribution in [0.3, 0.4) is 0 Å². The van der Waals surface area contributed by atoms with Gasteiger partial charge in [-0.3, -0.25) is 9.20 Å². The molecule has 0 atom stereocenters. The highest BCUT2D eigenvalue weighted by molar-refractivity contribution is 7.89. The van der Waals surface area contributed by atoms with Gasteiger partial charge in [0, 0.05) is 55.4 Å². The predicted molar refractivity (Wildman–Crippen MR) is 137 cm³/mol. The van der Waals surface area contributed by atoms with Crippen molar-refractivity contribution in [3.63, 3.8) is 0 Å². The molecule has 4 rings (SSSR count). The lowest BCUT2D eigenvalue weighted by Gasteiger charge is -2.23. The maximum atomic E-state index is 13.6. The lowest BCUT2D eigenvalue weighted by atomic mass is 10.1. The summed E-state index contributed by atoms with van der Waals surface area (Å²) in [5.74, 6) is -0.138.